The third-order valence-electron chi connectivity index (χ3n) is 5.78. The minimum absolute atomic E-state index is 0.0861. The van der Waals surface area contributed by atoms with Gasteiger partial charge in [-0.2, -0.15) is 0 Å². The van der Waals surface area contributed by atoms with Crippen molar-refractivity contribution in [3.63, 3.8) is 0 Å². The van der Waals surface area contributed by atoms with Gasteiger partial charge >= 0.3 is 6.16 Å². The summed E-state index contributed by atoms with van der Waals surface area (Å²) in [5.74, 6) is -0.0335. The number of nitrogens with zero attached hydrogens (tertiary/aromatic N) is 1. The van der Waals surface area contributed by atoms with Gasteiger partial charge in [-0.25, -0.2) is 4.79 Å². The van der Waals surface area contributed by atoms with Crippen molar-refractivity contribution in [2.24, 2.45) is 0 Å². The van der Waals surface area contributed by atoms with Crippen LogP contribution in [0.25, 0.3) is 11.1 Å². The van der Waals surface area contributed by atoms with Crippen molar-refractivity contribution in [3.05, 3.63) is 130 Å². The van der Waals surface area contributed by atoms with Crippen LogP contribution in [0.4, 0.5) is 10.5 Å². The number of carbonyl (C=O) groups excluding carboxylic acids is 1. The third-order valence-corrected chi connectivity index (χ3v) is 5.78. The van der Waals surface area contributed by atoms with Gasteiger partial charge in [0.05, 0.1) is 10.8 Å². The highest BCUT2D eigenvalue weighted by molar-refractivity contribution is 5.79. The number of ether oxygens (including phenoxy) is 2. The van der Waals surface area contributed by atoms with Gasteiger partial charge in [-0.15, -0.1) is 0 Å². The first-order valence-corrected chi connectivity index (χ1v) is 10.5. The monoisotopic (exact) mass is 437 g/mol. The number of fused-ring (bicyclic) bond motifs is 3. The van der Waals surface area contributed by atoms with E-state index >= 15 is 0 Å². The van der Waals surface area contributed by atoms with Gasteiger partial charge in [0.2, 0.25) is 0 Å². The van der Waals surface area contributed by atoms with Crippen LogP contribution in [0.1, 0.15) is 28.7 Å². The molecule has 0 bridgehead atoms. The Bertz CT molecular complexity index is 1270. The van der Waals surface area contributed by atoms with E-state index in [1.807, 2.05) is 54.6 Å². The smallest absolute Gasteiger partial charge is 0.425 e. The molecule has 0 saturated carbocycles. The second-order valence-corrected chi connectivity index (χ2v) is 7.70. The van der Waals surface area contributed by atoms with Crippen LogP contribution in [0.3, 0.4) is 0 Å². The molecule has 0 amide bonds. The maximum absolute atomic E-state index is 12.8. The SMILES string of the molecule is O=C(Oc1ccc([N+](=O)[O-])cc1)OC(c1ccccc1)C1c2ccccc2-c2ccccc21. The summed E-state index contributed by atoms with van der Waals surface area (Å²) in [5, 5.41) is 10.9. The lowest BCUT2D eigenvalue weighted by Crippen LogP contribution is -2.20. The Labute approximate surface area is 190 Å². The van der Waals surface area contributed by atoms with E-state index in [2.05, 4.69) is 24.3 Å². The topological polar surface area (TPSA) is 78.7 Å². The predicted octanol–water partition coefficient (Wildman–Crippen LogP) is 6.66. The number of nitro groups is 1. The van der Waals surface area contributed by atoms with E-state index in [0.29, 0.717) is 0 Å². The van der Waals surface area contributed by atoms with Gasteiger partial charge in [-0.3, -0.25) is 10.1 Å². The van der Waals surface area contributed by atoms with Crippen LogP contribution in [0.15, 0.2) is 103 Å². The van der Waals surface area contributed by atoms with E-state index in [9.17, 15) is 14.9 Å². The molecular weight excluding hydrogens is 418 g/mol. The van der Waals surface area contributed by atoms with Crippen molar-refractivity contribution in [2.75, 3.05) is 0 Å². The van der Waals surface area contributed by atoms with Crippen molar-refractivity contribution in [3.8, 4) is 16.9 Å². The molecule has 0 heterocycles. The number of carbonyl (C=O) groups is 1. The van der Waals surface area contributed by atoms with Crippen LogP contribution in [0.2, 0.25) is 0 Å². The molecule has 33 heavy (non-hydrogen) atoms. The summed E-state index contributed by atoms with van der Waals surface area (Å²) in [4.78, 5) is 23.2. The molecule has 0 N–H and O–H groups in total. The summed E-state index contributed by atoms with van der Waals surface area (Å²) < 4.78 is 11.3. The van der Waals surface area contributed by atoms with Gasteiger partial charge in [-0.1, -0.05) is 78.9 Å². The molecule has 162 valence electrons. The summed E-state index contributed by atoms with van der Waals surface area (Å²) in [6.07, 6.45) is -1.50. The van der Waals surface area contributed by atoms with E-state index in [1.54, 1.807) is 0 Å². The highest BCUT2D eigenvalue weighted by Gasteiger charge is 2.37. The molecule has 0 spiro atoms. The predicted molar refractivity (Wildman–Crippen MR) is 123 cm³/mol. The number of nitro benzene ring substituents is 1. The molecule has 4 aromatic rings. The molecule has 0 aliphatic heterocycles. The molecule has 1 aliphatic carbocycles. The Kier molecular flexibility index (Phi) is 5.32. The Hall–Kier alpha value is -4.45. The standard InChI is InChI=1S/C27H19NO5/c29-27(32-20-16-14-19(15-17-20)28(30)31)33-26(18-8-2-1-3-9-18)25-23-12-6-4-10-21(23)22-11-5-7-13-24(22)25/h1-17,25-26H. The molecule has 6 heteroatoms. The zero-order valence-electron chi connectivity index (χ0n) is 17.5. The van der Waals surface area contributed by atoms with Crippen LogP contribution < -0.4 is 4.74 Å². The van der Waals surface area contributed by atoms with Gasteiger partial charge in [0.15, 0.2) is 0 Å². The van der Waals surface area contributed by atoms with Crippen LogP contribution >= 0.6 is 0 Å². The lowest BCUT2D eigenvalue weighted by molar-refractivity contribution is -0.384. The van der Waals surface area contributed by atoms with Crippen LogP contribution in [-0.4, -0.2) is 11.1 Å². The molecule has 0 aromatic heterocycles. The average Bonchev–Trinajstić information content (AvgIpc) is 3.18. The van der Waals surface area contributed by atoms with Crippen LogP contribution in [-0.2, 0) is 4.74 Å². The van der Waals surface area contributed by atoms with Crippen molar-refractivity contribution < 1.29 is 19.2 Å². The van der Waals surface area contributed by atoms with E-state index in [1.165, 1.54) is 24.3 Å². The molecule has 0 saturated heterocycles. The summed E-state index contributed by atoms with van der Waals surface area (Å²) in [6, 6.07) is 31.1. The fourth-order valence-corrected chi connectivity index (χ4v) is 4.35. The van der Waals surface area contributed by atoms with Gasteiger partial charge < -0.3 is 9.47 Å². The summed E-state index contributed by atoms with van der Waals surface area (Å²) in [6.45, 7) is 0. The van der Waals surface area contributed by atoms with Crippen molar-refractivity contribution >= 4 is 11.8 Å². The van der Waals surface area contributed by atoms with E-state index < -0.39 is 17.2 Å². The van der Waals surface area contributed by atoms with E-state index in [4.69, 9.17) is 9.47 Å². The third kappa shape index (κ3) is 3.94. The first-order chi connectivity index (χ1) is 16.1. The highest BCUT2D eigenvalue weighted by Crippen LogP contribution is 2.51. The Morgan fingerprint density at radius 2 is 1.30 bits per heavy atom. The maximum Gasteiger partial charge on any atom is 0.514 e. The van der Waals surface area contributed by atoms with Crippen LogP contribution in [0, 0.1) is 10.1 Å². The molecule has 0 fully saturated rings. The minimum atomic E-state index is -0.875. The van der Waals surface area contributed by atoms with Crippen molar-refractivity contribution in [1.29, 1.82) is 0 Å². The Morgan fingerprint density at radius 1 is 0.758 bits per heavy atom. The van der Waals surface area contributed by atoms with Crippen molar-refractivity contribution in [2.45, 2.75) is 12.0 Å². The lowest BCUT2D eigenvalue weighted by atomic mass is 9.87. The van der Waals surface area contributed by atoms with Gasteiger partial charge in [-0.05, 0) is 39.9 Å². The average molecular weight is 437 g/mol. The first-order valence-electron chi connectivity index (χ1n) is 10.5. The maximum atomic E-state index is 12.8. The molecule has 4 aromatic carbocycles. The molecule has 0 radical (unpaired) electrons. The normalized spacial score (nSPS) is 13.0. The Balaban J connectivity index is 1.49. The van der Waals surface area contributed by atoms with E-state index in [0.717, 1.165) is 27.8 Å². The molecule has 1 unspecified atom stereocenters. The number of benzene rings is 4. The number of hydrogen-bond acceptors (Lipinski definition) is 5. The Morgan fingerprint density at radius 3 is 1.88 bits per heavy atom. The lowest BCUT2D eigenvalue weighted by Gasteiger charge is -2.25. The molecule has 1 atom stereocenters. The fourth-order valence-electron chi connectivity index (χ4n) is 4.35. The molecular formula is C27H19NO5. The van der Waals surface area contributed by atoms with Gasteiger partial charge in [0, 0.05) is 12.1 Å². The van der Waals surface area contributed by atoms with Crippen LogP contribution in [0.5, 0.6) is 5.75 Å². The number of rotatable bonds is 5. The fraction of sp³-hybridized carbons (Fsp3) is 0.0741. The minimum Gasteiger partial charge on any atom is -0.425 e. The second kappa shape index (κ2) is 8.59. The summed E-state index contributed by atoms with van der Waals surface area (Å²) in [7, 11) is 0. The first kappa shape index (κ1) is 20.5. The highest BCUT2D eigenvalue weighted by atomic mass is 16.7. The second-order valence-electron chi connectivity index (χ2n) is 7.70. The molecule has 1 aliphatic rings. The zero-order valence-corrected chi connectivity index (χ0v) is 17.5. The van der Waals surface area contributed by atoms with Gasteiger partial charge in [0.1, 0.15) is 11.9 Å². The van der Waals surface area contributed by atoms with Crippen molar-refractivity contribution in [1.82, 2.24) is 0 Å². The molecule has 5 rings (SSSR count). The van der Waals surface area contributed by atoms with Gasteiger partial charge in [0.25, 0.3) is 5.69 Å². The largest absolute Gasteiger partial charge is 0.514 e. The number of hydrogen-bond donors (Lipinski definition) is 0. The molecule has 6 nitrogen and oxygen atoms in total. The zero-order chi connectivity index (χ0) is 22.8. The number of non-ortho nitro benzene ring substituents is 1. The summed E-state index contributed by atoms with van der Waals surface area (Å²) >= 11 is 0. The quantitative estimate of drug-likeness (QED) is 0.151. The summed E-state index contributed by atoms with van der Waals surface area (Å²) in [5.41, 5.74) is 5.15. The van der Waals surface area contributed by atoms with E-state index in [-0.39, 0.29) is 17.4 Å².